The Bertz CT molecular complexity index is 1120. The standard InChI is InChI=1S/C16H13ClN6O4/c1-8-6-14(24)20-16(18-8)22-13(5-9(2)21-22)19-15(25)11-7-10(17)3-4-12(11)23(26)27/h3-7H,1-2H3,(H,19,25)(H,18,20,24). The van der Waals surface area contributed by atoms with Crippen molar-refractivity contribution in [3.63, 3.8) is 0 Å². The van der Waals surface area contributed by atoms with Crippen molar-refractivity contribution in [1.29, 1.82) is 0 Å². The Morgan fingerprint density at radius 3 is 2.67 bits per heavy atom. The number of carbonyl (C=O) groups is 1. The Kier molecular flexibility index (Phi) is 4.74. The van der Waals surface area contributed by atoms with Crippen molar-refractivity contribution in [3.05, 3.63) is 72.8 Å². The number of aryl methyl sites for hydroxylation is 2. The third-order valence-electron chi connectivity index (χ3n) is 3.53. The number of hydrogen-bond acceptors (Lipinski definition) is 6. The molecule has 0 aliphatic rings. The zero-order valence-corrected chi connectivity index (χ0v) is 14.9. The van der Waals surface area contributed by atoms with Crippen molar-refractivity contribution in [3.8, 4) is 5.95 Å². The monoisotopic (exact) mass is 388 g/mol. The van der Waals surface area contributed by atoms with Crippen LogP contribution in [-0.4, -0.2) is 30.6 Å². The number of nitrogens with one attached hydrogen (secondary N) is 2. The average molecular weight is 389 g/mol. The number of amides is 1. The lowest BCUT2D eigenvalue weighted by molar-refractivity contribution is -0.385. The van der Waals surface area contributed by atoms with Crippen LogP contribution in [-0.2, 0) is 0 Å². The molecule has 10 nitrogen and oxygen atoms in total. The van der Waals surface area contributed by atoms with Gasteiger partial charge in [0.2, 0.25) is 5.95 Å². The van der Waals surface area contributed by atoms with Crippen molar-refractivity contribution in [2.45, 2.75) is 13.8 Å². The zero-order valence-electron chi connectivity index (χ0n) is 14.2. The van der Waals surface area contributed by atoms with Gasteiger partial charge in [-0.1, -0.05) is 11.6 Å². The Morgan fingerprint density at radius 1 is 1.26 bits per heavy atom. The van der Waals surface area contributed by atoms with Crippen LogP contribution in [0.2, 0.25) is 5.02 Å². The molecule has 0 saturated heterocycles. The molecule has 2 aromatic heterocycles. The van der Waals surface area contributed by atoms with Gasteiger partial charge in [0.15, 0.2) is 0 Å². The fourth-order valence-electron chi connectivity index (χ4n) is 2.45. The molecule has 11 heteroatoms. The normalized spacial score (nSPS) is 10.6. The van der Waals surface area contributed by atoms with E-state index < -0.39 is 10.8 Å². The van der Waals surface area contributed by atoms with Crippen LogP contribution >= 0.6 is 11.6 Å². The number of nitro groups is 1. The van der Waals surface area contributed by atoms with Crippen LogP contribution < -0.4 is 10.9 Å². The Balaban J connectivity index is 2.03. The van der Waals surface area contributed by atoms with Crippen LogP contribution in [0, 0.1) is 24.0 Å². The van der Waals surface area contributed by atoms with Gasteiger partial charge in [0.1, 0.15) is 11.4 Å². The molecule has 1 aromatic carbocycles. The molecule has 0 unspecified atom stereocenters. The summed E-state index contributed by atoms with van der Waals surface area (Å²) in [5, 5.41) is 18.1. The Labute approximate surface area is 157 Å². The van der Waals surface area contributed by atoms with Crippen molar-refractivity contribution in [1.82, 2.24) is 19.7 Å². The largest absolute Gasteiger partial charge is 0.306 e. The van der Waals surface area contributed by atoms with E-state index in [1.807, 2.05) is 0 Å². The molecule has 0 atom stereocenters. The summed E-state index contributed by atoms with van der Waals surface area (Å²) in [6, 6.07) is 6.53. The first-order chi connectivity index (χ1) is 12.7. The Morgan fingerprint density at radius 2 is 2.00 bits per heavy atom. The quantitative estimate of drug-likeness (QED) is 0.520. The van der Waals surface area contributed by atoms with Gasteiger partial charge in [-0.25, -0.2) is 4.98 Å². The molecule has 2 N–H and O–H groups in total. The maximum Gasteiger partial charge on any atom is 0.282 e. The highest BCUT2D eigenvalue weighted by Gasteiger charge is 2.22. The van der Waals surface area contributed by atoms with Gasteiger partial charge in [0.25, 0.3) is 17.2 Å². The highest BCUT2D eigenvalue weighted by atomic mass is 35.5. The van der Waals surface area contributed by atoms with E-state index in [-0.39, 0.29) is 33.6 Å². The van der Waals surface area contributed by atoms with Crippen molar-refractivity contribution in [2.75, 3.05) is 5.32 Å². The fraction of sp³-hybridized carbons (Fsp3) is 0.125. The van der Waals surface area contributed by atoms with Crippen LogP contribution in [0.1, 0.15) is 21.7 Å². The first-order valence-electron chi connectivity index (χ1n) is 7.65. The van der Waals surface area contributed by atoms with Gasteiger partial charge in [-0.15, -0.1) is 0 Å². The molecule has 27 heavy (non-hydrogen) atoms. The highest BCUT2D eigenvalue weighted by molar-refractivity contribution is 6.31. The third kappa shape index (κ3) is 3.85. The molecular formula is C16H13ClN6O4. The SMILES string of the molecule is Cc1cc(=O)[nH]c(-n2nc(C)cc2NC(=O)c2cc(Cl)ccc2[N+](=O)[O-])n1. The van der Waals surface area contributed by atoms with Crippen LogP contribution in [0.5, 0.6) is 0 Å². The number of anilines is 1. The number of aromatic nitrogens is 4. The summed E-state index contributed by atoms with van der Waals surface area (Å²) in [7, 11) is 0. The van der Waals surface area contributed by atoms with Crippen molar-refractivity contribution < 1.29 is 9.72 Å². The summed E-state index contributed by atoms with van der Waals surface area (Å²) in [5.41, 5.74) is 0.0264. The molecule has 0 saturated carbocycles. The second-order valence-corrected chi connectivity index (χ2v) is 6.10. The van der Waals surface area contributed by atoms with E-state index in [2.05, 4.69) is 20.4 Å². The number of carbonyl (C=O) groups excluding carboxylic acids is 1. The number of aromatic amines is 1. The summed E-state index contributed by atoms with van der Waals surface area (Å²) in [6.07, 6.45) is 0. The summed E-state index contributed by atoms with van der Waals surface area (Å²) in [6.45, 7) is 3.32. The van der Waals surface area contributed by atoms with Crippen molar-refractivity contribution in [2.24, 2.45) is 0 Å². The second-order valence-electron chi connectivity index (χ2n) is 5.67. The minimum atomic E-state index is -0.750. The lowest BCUT2D eigenvalue weighted by Gasteiger charge is -2.09. The zero-order chi connectivity index (χ0) is 19.7. The lowest BCUT2D eigenvalue weighted by Crippen LogP contribution is -2.19. The smallest absolute Gasteiger partial charge is 0.282 e. The lowest BCUT2D eigenvalue weighted by atomic mass is 10.1. The number of hydrogen-bond donors (Lipinski definition) is 2. The van der Waals surface area contributed by atoms with E-state index >= 15 is 0 Å². The topological polar surface area (TPSA) is 136 Å². The summed E-state index contributed by atoms with van der Waals surface area (Å²) < 4.78 is 1.23. The number of H-pyrrole nitrogens is 1. The predicted molar refractivity (Wildman–Crippen MR) is 97.5 cm³/mol. The number of rotatable bonds is 4. The van der Waals surface area contributed by atoms with Crippen molar-refractivity contribution >= 4 is 29.0 Å². The molecule has 0 radical (unpaired) electrons. The molecule has 0 spiro atoms. The van der Waals surface area contributed by atoms with E-state index in [9.17, 15) is 19.7 Å². The molecule has 0 aliphatic carbocycles. The fourth-order valence-corrected chi connectivity index (χ4v) is 2.62. The predicted octanol–water partition coefficient (Wildman–Crippen LogP) is 2.39. The molecule has 0 bridgehead atoms. The van der Waals surface area contributed by atoms with E-state index in [0.29, 0.717) is 11.4 Å². The molecule has 3 rings (SSSR count). The van der Waals surface area contributed by atoms with E-state index in [4.69, 9.17) is 11.6 Å². The highest BCUT2D eigenvalue weighted by Crippen LogP contribution is 2.24. The number of nitro benzene ring substituents is 1. The maximum atomic E-state index is 12.6. The number of halogens is 1. The van der Waals surface area contributed by atoms with Gasteiger partial charge >= 0.3 is 0 Å². The van der Waals surface area contributed by atoms with E-state index in [0.717, 1.165) is 6.07 Å². The van der Waals surface area contributed by atoms with Crippen LogP contribution in [0.3, 0.4) is 0 Å². The molecule has 0 aliphatic heterocycles. The van der Waals surface area contributed by atoms with Gasteiger partial charge in [0.05, 0.1) is 10.6 Å². The van der Waals surface area contributed by atoms with Crippen LogP contribution in [0.25, 0.3) is 5.95 Å². The molecule has 0 fully saturated rings. The molecule has 2 heterocycles. The molecule has 1 amide bonds. The van der Waals surface area contributed by atoms with Gasteiger partial charge in [-0.3, -0.25) is 24.7 Å². The van der Waals surface area contributed by atoms with Gasteiger partial charge in [-0.05, 0) is 26.0 Å². The summed E-state index contributed by atoms with van der Waals surface area (Å²) in [5.74, 6) is -0.468. The Hall–Kier alpha value is -3.53. The first-order valence-corrected chi connectivity index (χ1v) is 8.02. The first kappa shape index (κ1) is 18.3. The number of nitrogens with zero attached hydrogens (tertiary/aromatic N) is 4. The maximum absolute atomic E-state index is 12.6. The third-order valence-corrected chi connectivity index (χ3v) is 3.77. The van der Waals surface area contributed by atoms with E-state index in [1.165, 1.54) is 28.9 Å². The summed E-state index contributed by atoms with van der Waals surface area (Å²) in [4.78, 5) is 41.5. The minimum Gasteiger partial charge on any atom is -0.306 e. The molecule has 138 valence electrons. The minimum absolute atomic E-state index is 0.101. The molecule has 3 aromatic rings. The average Bonchev–Trinajstić information content (AvgIpc) is 2.94. The van der Waals surface area contributed by atoms with Crippen LogP contribution in [0.4, 0.5) is 11.5 Å². The van der Waals surface area contributed by atoms with E-state index in [1.54, 1.807) is 13.8 Å². The van der Waals surface area contributed by atoms with Gasteiger partial charge in [-0.2, -0.15) is 9.78 Å². The second kappa shape index (κ2) is 7.00. The summed E-state index contributed by atoms with van der Waals surface area (Å²) >= 11 is 5.86. The van der Waals surface area contributed by atoms with Crippen LogP contribution in [0.15, 0.2) is 35.1 Å². The van der Waals surface area contributed by atoms with Gasteiger partial charge in [0, 0.05) is 28.9 Å². The molecular weight excluding hydrogens is 376 g/mol. The van der Waals surface area contributed by atoms with Gasteiger partial charge < -0.3 is 5.32 Å². The number of benzene rings is 1.